The van der Waals surface area contributed by atoms with E-state index in [-0.39, 0.29) is 29.5 Å². The predicted molar refractivity (Wildman–Crippen MR) is 78.6 cm³/mol. The molecule has 1 fully saturated rings. The molecule has 1 aliphatic rings. The maximum absolute atomic E-state index is 13.3. The molecule has 0 aliphatic heterocycles. The number of H-pyrrole nitrogens is 1. The third-order valence-electron chi connectivity index (χ3n) is 4.05. The van der Waals surface area contributed by atoms with Gasteiger partial charge in [0.15, 0.2) is 0 Å². The summed E-state index contributed by atoms with van der Waals surface area (Å²) in [6, 6.07) is 4.58. The van der Waals surface area contributed by atoms with Crippen LogP contribution in [0.1, 0.15) is 12.0 Å². The molecule has 0 saturated heterocycles. The fourth-order valence-corrected chi connectivity index (χ4v) is 2.71. The lowest BCUT2D eigenvalue weighted by Crippen LogP contribution is -2.28. The molecule has 3 rings (SSSR count). The number of aromatic nitrogens is 1. The van der Waals surface area contributed by atoms with Gasteiger partial charge in [0.05, 0.1) is 18.9 Å². The van der Waals surface area contributed by atoms with E-state index in [2.05, 4.69) is 15.0 Å². The van der Waals surface area contributed by atoms with E-state index in [1.807, 2.05) is 6.20 Å². The van der Waals surface area contributed by atoms with Gasteiger partial charge in [-0.3, -0.25) is 9.59 Å². The van der Waals surface area contributed by atoms with Crippen molar-refractivity contribution >= 4 is 22.8 Å². The number of hydrogen-bond acceptors (Lipinski definition) is 3. The summed E-state index contributed by atoms with van der Waals surface area (Å²) in [6.07, 6.45) is 2.98. The van der Waals surface area contributed by atoms with Gasteiger partial charge < -0.3 is 15.0 Å². The Labute approximate surface area is 126 Å². The second kappa shape index (κ2) is 5.79. The molecule has 2 N–H and O–H groups in total. The van der Waals surface area contributed by atoms with Crippen molar-refractivity contribution in [2.24, 2.45) is 11.8 Å². The number of amides is 1. The average Bonchev–Trinajstić information content (AvgIpc) is 3.23. The number of hydrogen-bond donors (Lipinski definition) is 2. The van der Waals surface area contributed by atoms with Crippen LogP contribution >= 0.6 is 0 Å². The first-order valence-corrected chi connectivity index (χ1v) is 7.21. The Hall–Kier alpha value is -2.37. The molecule has 1 aromatic heterocycles. The molecular weight excluding hydrogens is 287 g/mol. The summed E-state index contributed by atoms with van der Waals surface area (Å²) >= 11 is 0. The first-order chi connectivity index (χ1) is 10.6. The molecule has 2 aromatic rings. The second-order valence-electron chi connectivity index (χ2n) is 5.52. The third-order valence-corrected chi connectivity index (χ3v) is 4.05. The Kier molecular flexibility index (Phi) is 3.83. The molecule has 1 saturated carbocycles. The number of nitrogens with one attached hydrogen (secondary N) is 2. The van der Waals surface area contributed by atoms with Gasteiger partial charge in [-0.05, 0) is 36.6 Å². The van der Waals surface area contributed by atoms with Crippen molar-refractivity contribution in [3.05, 3.63) is 35.8 Å². The third kappa shape index (κ3) is 2.81. The maximum Gasteiger partial charge on any atom is 0.309 e. The predicted octanol–water partition coefficient (Wildman–Crippen LogP) is 1.77. The van der Waals surface area contributed by atoms with Crippen LogP contribution in [0.4, 0.5) is 4.39 Å². The number of esters is 1. The maximum atomic E-state index is 13.3. The van der Waals surface area contributed by atoms with E-state index in [1.165, 1.54) is 19.2 Å². The molecule has 0 spiro atoms. The van der Waals surface area contributed by atoms with Gasteiger partial charge in [0, 0.05) is 23.6 Å². The van der Waals surface area contributed by atoms with Crippen LogP contribution in [0.15, 0.2) is 24.4 Å². The minimum Gasteiger partial charge on any atom is -0.469 e. The average molecular weight is 304 g/mol. The van der Waals surface area contributed by atoms with Crippen molar-refractivity contribution in [3.63, 3.8) is 0 Å². The lowest BCUT2D eigenvalue weighted by atomic mass is 10.1. The molecular formula is C16H17FN2O3. The zero-order chi connectivity index (χ0) is 15.7. The summed E-state index contributed by atoms with van der Waals surface area (Å²) in [5, 5.41) is 3.64. The molecule has 1 aliphatic carbocycles. The van der Waals surface area contributed by atoms with E-state index < -0.39 is 0 Å². The van der Waals surface area contributed by atoms with Crippen LogP contribution in [-0.2, 0) is 20.7 Å². The Morgan fingerprint density at radius 1 is 1.41 bits per heavy atom. The van der Waals surface area contributed by atoms with Gasteiger partial charge in [-0.1, -0.05) is 0 Å². The van der Waals surface area contributed by atoms with Crippen molar-refractivity contribution in [2.75, 3.05) is 13.7 Å². The molecule has 0 radical (unpaired) electrons. The number of fused-ring (bicyclic) bond motifs is 1. The van der Waals surface area contributed by atoms with Gasteiger partial charge in [-0.25, -0.2) is 4.39 Å². The van der Waals surface area contributed by atoms with Crippen LogP contribution in [-0.4, -0.2) is 30.5 Å². The molecule has 22 heavy (non-hydrogen) atoms. The van der Waals surface area contributed by atoms with Gasteiger partial charge in [0.2, 0.25) is 5.91 Å². The standard InChI is InChI=1S/C16H17FN2O3/c1-22-16(21)13-7-12(13)15(20)18-5-4-9-8-19-14-3-2-10(17)6-11(9)14/h2-3,6,8,12-13,19H,4-5,7H2,1H3,(H,18,20)/t12-,13+/m0/s1. The highest BCUT2D eigenvalue weighted by Gasteiger charge is 2.48. The van der Waals surface area contributed by atoms with Crippen LogP contribution in [0.25, 0.3) is 10.9 Å². The SMILES string of the molecule is COC(=O)[C@@H]1C[C@@H]1C(=O)NCCc1c[nH]c2ccc(F)cc12. The molecule has 0 unspecified atom stereocenters. The number of halogens is 1. The van der Waals surface area contributed by atoms with E-state index in [1.54, 1.807) is 6.07 Å². The van der Waals surface area contributed by atoms with Gasteiger partial charge in [-0.2, -0.15) is 0 Å². The van der Waals surface area contributed by atoms with E-state index in [9.17, 15) is 14.0 Å². The topological polar surface area (TPSA) is 71.2 Å². The molecule has 0 bridgehead atoms. The summed E-state index contributed by atoms with van der Waals surface area (Å²) in [6.45, 7) is 0.451. The smallest absolute Gasteiger partial charge is 0.309 e. The molecule has 5 nitrogen and oxygen atoms in total. The second-order valence-corrected chi connectivity index (χ2v) is 5.52. The van der Waals surface area contributed by atoms with Crippen LogP contribution in [0, 0.1) is 17.7 Å². The summed E-state index contributed by atoms with van der Waals surface area (Å²) in [5.74, 6) is -1.30. The largest absolute Gasteiger partial charge is 0.469 e. The minimum atomic E-state index is -0.327. The van der Waals surface area contributed by atoms with Crippen molar-refractivity contribution in [1.29, 1.82) is 0 Å². The molecule has 6 heteroatoms. The highest BCUT2D eigenvalue weighted by molar-refractivity contribution is 5.90. The van der Waals surface area contributed by atoms with Crippen molar-refractivity contribution in [2.45, 2.75) is 12.8 Å². The van der Waals surface area contributed by atoms with Crippen LogP contribution < -0.4 is 5.32 Å². The molecule has 1 heterocycles. The van der Waals surface area contributed by atoms with Gasteiger partial charge in [0.1, 0.15) is 5.82 Å². The summed E-state index contributed by atoms with van der Waals surface area (Å²) in [5.41, 5.74) is 1.82. The highest BCUT2D eigenvalue weighted by atomic mass is 19.1. The zero-order valence-electron chi connectivity index (χ0n) is 12.2. The Morgan fingerprint density at radius 3 is 3.00 bits per heavy atom. The quantitative estimate of drug-likeness (QED) is 0.827. The first-order valence-electron chi connectivity index (χ1n) is 7.21. The molecule has 1 aromatic carbocycles. The van der Waals surface area contributed by atoms with Gasteiger partial charge >= 0.3 is 5.97 Å². The zero-order valence-corrected chi connectivity index (χ0v) is 12.2. The normalized spacial score (nSPS) is 19.9. The fourth-order valence-electron chi connectivity index (χ4n) is 2.71. The van der Waals surface area contributed by atoms with Crippen molar-refractivity contribution < 1.29 is 18.7 Å². The van der Waals surface area contributed by atoms with E-state index in [0.29, 0.717) is 19.4 Å². The number of rotatable bonds is 5. The Morgan fingerprint density at radius 2 is 2.23 bits per heavy atom. The van der Waals surface area contributed by atoms with Crippen molar-refractivity contribution in [3.8, 4) is 0 Å². The Bertz CT molecular complexity index is 725. The monoisotopic (exact) mass is 304 g/mol. The van der Waals surface area contributed by atoms with Crippen LogP contribution in [0.2, 0.25) is 0 Å². The number of methoxy groups -OCH3 is 1. The number of ether oxygens (including phenoxy) is 1. The van der Waals surface area contributed by atoms with E-state index in [4.69, 9.17) is 0 Å². The lowest BCUT2D eigenvalue weighted by Gasteiger charge is -2.04. The number of carbonyl (C=O) groups excluding carboxylic acids is 2. The summed E-state index contributed by atoms with van der Waals surface area (Å²) in [7, 11) is 1.33. The molecule has 1 amide bonds. The molecule has 2 atom stereocenters. The van der Waals surface area contributed by atoms with Crippen LogP contribution in [0.3, 0.4) is 0 Å². The lowest BCUT2D eigenvalue weighted by molar-refractivity contribution is -0.143. The summed E-state index contributed by atoms with van der Waals surface area (Å²) < 4.78 is 17.9. The minimum absolute atomic E-state index is 0.124. The highest BCUT2D eigenvalue weighted by Crippen LogP contribution is 2.39. The van der Waals surface area contributed by atoms with Crippen LogP contribution in [0.5, 0.6) is 0 Å². The van der Waals surface area contributed by atoms with Crippen molar-refractivity contribution in [1.82, 2.24) is 10.3 Å². The van der Waals surface area contributed by atoms with E-state index in [0.717, 1.165) is 16.5 Å². The molecule has 116 valence electrons. The van der Waals surface area contributed by atoms with Gasteiger partial charge in [-0.15, -0.1) is 0 Å². The summed E-state index contributed by atoms with van der Waals surface area (Å²) in [4.78, 5) is 26.3. The number of benzene rings is 1. The first kappa shape index (κ1) is 14.6. The Balaban J connectivity index is 1.54. The van der Waals surface area contributed by atoms with Gasteiger partial charge in [0.25, 0.3) is 0 Å². The fraction of sp³-hybridized carbons (Fsp3) is 0.375. The van der Waals surface area contributed by atoms with E-state index >= 15 is 0 Å². The number of aromatic amines is 1. The number of carbonyl (C=O) groups is 2.